The summed E-state index contributed by atoms with van der Waals surface area (Å²) in [4.78, 5) is 13.2. The zero-order valence-corrected chi connectivity index (χ0v) is 15.2. The van der Waals surface area contributed by atoms with Crippen molar-refractivity contribution in [2.45, 2.75) is 30.8 Å². The highest BCUT2D eigenvalue weighted by molar-refractivity contribution is 8.00. The third kappa shape index (κ3) is 5.80. The van der Waals surface area contributed by atoms with E-state index in [0.717, 1.165) is 35.8 Å². The maximum atomic E-state index is 12.1. The molecule has 1 saturated heterocycles. The first-order chi connectivity index (χ1) is 12.2. The Hall–Kier alpha value is -1.98. The smallest absolute Gasteiger partial charge is 0.234 e. The molecular weight excluding hydrogens is 334 g/mol. The third-order valence-corrected chi connectivity index (χ3v) is 4.98. The van der Waals surface area contributed by atoms with Crippen LogP contribution in [-0.4, -0.2) is 31.0 Å². The van der Waals surface area contributed by atoms with E-state index >= 15 is 0 Å². The molecule has 5 heteroatoms. The minimum absolute atomic E-state index is 0.0261. The van der Waals surface area contributed by atoms with Gasteiger partial charge in [0.05, 0.1) is 11.9 Å². The topological polar surface area (TPSA) is 47.6 Å². The Labute approximate surface area is 152 Å². The first kappa shape index (κ1) is 17.8. The van der Waals surface area contributed by atoms with Gasteiger partial charge in [-0.05, 0) is 44.0 Å². The van der Waals surface area contributed by atoms with Crippen molar-refractivity contribution in [1.82, 2.24) is 0 Å². The fourth-order valence-electron chi connectivity index (χ4n) is 2.61. The quantitative estimate of drug-likeness (QED) is 0.751. The Kier molecular flexibility index (Phi) is 6.36. The minimum Gasteiger partial charge on any atom is -0.491 e. The number of carbonyl (C=O) groups is 1. The highest BCUT2D eigenvalue weighted by Crippen LogP contribution is 2.21. The van der Waals surface area contributed by atoms with E-state index in [-0.39, 0.29) is 12.0 Å². The summed E-state index contributed by atoms with van der Waals surface area (Å²) in [6.07, 6.45) is 2.33. The van der Waals surface area contributed by atoms with E-state index in [4.69, 9.17) is 9.47 Å². The predicted octanol–water partition coefficient (Wildman–Crippen LogP) is 4.28. The molecule has 0 saturated carbocycles. The van der Waals surface area contributed by atoms with Crippen LogP contribution >= 0.6 is 11.8 Å². The number of thioether (sulfide) groups is 1. The molecule has 1 atom stereocenters. The minimum atomic E-state index is -0.0261. The van der Waals surface area contributed by atoms with E-state index in [2.05, 4.69) is 24.4 Å². The van der Waals surface area contributed by atoms with Gasteiger partial charge in [-0.1, -0.05) is 23.8 Å². The van der Waals surface area contributed by atoms with Gasteiger partial charge in [0.15, 0.2) is 0 Å². The summed E-state index contributed by atoms with van der Waals surface area (Å²) in [5, 5.41) is 2.92. The Morgan fingerprint density at radius 3 is 2.88 bits per heavy atom. The lowest BCUT2D eigenvalue weighted by Crippen LogP contribution is -2.17. The van der Waals surface area contributed by atoms with Crippen LogP contribution in [0.1, 0.15) is 18.4 Å². The summed E-state index contributed by atoms with van der Waals surface area (Å²) >= 11 is 1.53. The Bertz CT molecular complexity index is 696. The first-order valence-electron chi connectivity index (χ1n) is 8.53. The average Bonchev–Trinajstić information content (AvgIpc) is 3.13. The van der Waals surface area contributed by atoms with Gasteiger partial charge in [0.1, 0.15) is 12.4 Å². The van der Waals surface area contributed by atoms with Crippen molar-refractivity contribution in [3.63, 3.8) is 0 Å². The highest BCUT2D eigenvalue weighted by atomic mass is 32.2. The maximum Gasteiger partial charge on any atom is 0.234 e. The predicted molar refractivity (Wildman–Crippen MR) is 101 cm³/mol. The van der Waals surface area contributed by atoms with Crippen molar-refractivity contribution in [2.75, 3.05) is 24.3 Å². The van der Waals surface area contributed by atoms with E-state index < -0.39 is 0 Å². The second-order valence-corrected chi connectivity index (χ2v) is 7.17. The lowest BCUT2D eigenvalue weighted by Gasteiger charge is -2.12. The molecular formula is C20H23NO3S. The average molecular weight is 357 g/mol. The van der Waals surface area contributed by atoms with Crippen LogP contribution in [0.3, 0.4) is 0 Å². The Morgan fingerprint density at radius 1 is 1.28 bits per heavy atom. The molecule has 0 radical (unpaired) electrons. The van der Waals surface area contributed by atoms with E-state index in [1.54, 1.807) is 0 Å². The number of rotatable bonds is 7. The number of hydrogen-bond donors (Lipinski definition) is 1. The van der Waals surface area contributed by atoms with Crippen LogP contribution in [0.5, 0.6) is 5.75 Å². The number of nitrogens with one attached hydrogen (secondary N) is 1. The van der Waals surface area contributed by atoms with Crippen molar-refractivity contribution in [3.05, 3.63) is 54.1 Å². The van der Waals surface area contributed by atoms with Crippen molar-refractivity contribution >= 4 is 23.4 Å². The molecule has 2 aromatic rings. The zero-order chi connectivity index (χ0) is 17.5. The molecule has 1 N–H and O–H groups in total. The summed E-state index contributed by atoms with van der Waals surface area (Å²) < 4.78 is 11.3. The summed E-state index contributed by atoms with van der Waals surface area (Å²) in [6.45, 7) is 3.43. The van der Waals surface area contributed by atoms with Crippen LogP contribution < -0.4 is 10.1 Å². The van der Waals surface area contributed by atoms with E-state index in [1.807, 2.05) is 36.4 Å². The van der Waals surface area contributed by atoms with Crippen LogP contribution in [0.25, 0.3) is 0 Å². The summed E-state index contributed by atoms with van der Waals surface area (Å²) in [5.74, 6) is 1.10. The molecule has 3 rings (SSSR count). The van der Waals surface area contributed by atoms with Crippen LogP contribution in [0.2, 0.25) is 0 Å². The zero-order valence-electron chi connectivity index (χ0n) is 14.4. The molecule has 0 aliphatic carbocycles. The number of ether oxygens (including phenoxy) is 2. The molecule has 1 aliphatic heterocycles. The molecule has 2 aromatic carbocycles. The van der Waals surface area contributed by atoms with Crippen molar-refractivity contribution in [1.29, 1.82) is 0 Å². The lowest BCUT2D eigenvalue weighted by molar-refractivity contribution is -0.113. The van der Waals surface area contributed by atoms with Gasteiger partial charge >= 0.3 is 0 Å². The van der Waals surface area contributed by atoms with Gasteiger partial charge in [0, 0.05) is 23.3 Å². The molecule has 0 spiro atoms. The number of benzene rings is 2. The molecule has 0 aromatic heterocycles. The van der Waals surface area contributed by atoms with Gasteiger partial charge in [-0.3, -0.25) is 4.79 Å². The summed E-state index contributed by atoms with van der Waals surface area (Å²) in [7, 11) is 0. The fourth-order valence-corrected chi connectivity index (χ4v) is 3.31. The molecule has 25 heavy (non-hydrogen) atoms. The SMILES string of the molecule is Cc1ccc(SCC(=O)Nc2cccc(OCC3CCCO3)c2)cc1. The Balaban J connectivity index is 1.47. The molecule has 0 bridgehead atoms. The Morgan fingerprint density at radius 2 is 2.12 bits per heavy atom. The second kappa shape index (κ2) is 8.92. The van der Waals surface area contributed by atoms with Gasteiger partial charge < -0.3 is 14.8 Å². The van der Waals surface area contributed by atoms with Crippen molar-refractivity contribution in [2.24, 2.45) is 0 Å². The van der Waals surface area contributed by atoms with E-state index in [0.29, 0.717) is 12.4 Å². The molecule has 1 aliphatic rings. The van der Waals surface area contributed by atoms with Gasteiger partial charge in [0.2, 0.25) is 5.91 Å². The van der Waals surface area contributed by atoms with E-state index in [1.165, 1.54) is 17.3 Å². The fraction of sp³-hybridized carbons (Fsp3) is 0.350. The largest absolute Gasteiger partial charge is 0.491 e. The van der Waals surface area contributed by atoms with Crippen molar-refractivity contribution in [3.8, 4) is 5.75 Å². The molecule has 1 fully saturated rings. The molecule has 1 heterocycles. The van der Waals surface area contributed by atoms with Crippen molar-refractivity contribution < 1.29 is 14.3 Å². The molecule has 132 valence electrons. The number of anilines is 1. The van der Waals surface area contributed by atoms with Crippen LogP contribution in [0.4, 0.5) is 5.69 Å². The first-order valence-corrected chi connectivity index (χ1v) is 9.51. The molecule has 1 unspecified atom stereocenters. The third-order valence-electron chi connectivity index (χ3n) is 3.97. The number of amides is 1. The second-order valence-electron chi connectivity index (χ2n) is 6.12. The molecule has 1 amide bonds. The van der Waals surface area contributed by atoms with Crippen LogP contribution in [0.15, 0.2) is 53.4 Å². The van der Waals surface area contributed by atoms with Gasteiger partial charge in [-0.25, -0.2) is 0 Å². The standard InChI is InChI=1S/C20H23NO3S/c1-15-7-9-19(10-8-15)25-14-20(22)21-16-4-2-5-17(12-16)24-13-18-6-3-11-23-18/h2,4-5,7-10,12,18H,3,6,11,13-14H2,1H3,(H,21,22). The van der Waals surface area contributed by atoms with Crippen LogP contribution in [-0.2, 0) is 9.53 Å². The van der Waals surface area contributed by atoms with Gasteiger partial charge in [-0.2, -0.15) is 0 Å². The monoisotopic (exact) mass is 357 g/mol. The number of aryl methyl sites for hydroxylation is 1. The number of carbonyl (C=O) groups excluding carboxylic acids is 1. The van der Waals surface area contributed by atoms with E-state index in [9.17, 15) is 4.79 Å². The molecule has 4 nitrogen and oxygen atoms in total. The summed E-state index contributed by atoms with van der Waals surface area (Å²) in [5.41, 5.74) is 1.97. The van der Waals surface area contributed by atoms with Gasteiger partial charge in [-0.15, -0.1) is 11.8 Å². The highest BCUT2D eigenvalue weighted by Gasteiger charge is 2.16. The maximum absolute atomic E-state index is 12.1. The van der Waals surface area contributed by atoms with Gasteiger partial charge in [0.25, 0.3) is 0 Å². The summed E-state index contributed by atoms with van der Waals surface area (Å²) in [6, 6.07) is 15.7. The van der Waals surface area contributed by atoms with Crippen LogP contribution in [0, 0.1) is 6.92 Å². The number of hydrogen-bond acceptors (Lipinski definition) is 4. The normalized spacial score (nSPS) is 16.6. The lowest BCUT2D eigenvalue weighted by atomic mass is 10.2.